The summed E-state index contributed by atoms with van der Waals surface area (Å²) in [6, 6.07) is 13.1. The van der Waals surface area contributed by atoms with Crippen LogP contribution in [0.5, 0.6) is 11.5 Å². The lowest BCUT2D eigenvalue weighted by atomic mass is 10.0. The van der Waals surface area contributed by atoms with Crippen LogP contribution in [0, 0.1) is 0 Å². The van der Waals surface area contributed by atoms with Crippen LogP contribution >= 0.6 is 15.9 Å². The van der Waals surface area contributed by atoms with E-state index >= 15 is 0 Å². The molecular formula is C14H11BrO3. The van der Waals surface area contributed by atoms with Crippen LogP contribution in [0.4, 0.5) is 0 Å². The molecule has 1 atom stereocenters. The molecule has 0 fully saturated rings. The lowest BCUT2D eigenvalue weighted by molar-refractivity contribution is 0.173. The summed E-state index contributed by atoms with van der Waals surface area (Å²) < 4.78 is 11.5. The van der Waals surface area contributed by atoms with Crippen molar-refractivity contribution in [1.82, 2.24) is 0 Å². The normalized spacial score (nSPS) is 14.6. The number of aliphatic hydroxyl groups is 1. The van der Waals surface area contributed by atoms with Crippen molar-refractivity contribution in [2.75, 3.05) is 6.79 Å². The van der Waals surface area contributed by atoms with Gasteiger partial charge in [-0.1, -0.05) is 34.1 Å². The van der Waals surface area contributed by atoms with Gasteiger partial charge in [0.05, 0.1) is 0 Å². The van der Waals surface area contributed by atoms with Gasteiger partial charge in [0.2, 0.25) is 6.79 Å². The maximum Gasteiger partial charge on any atom is 0.231 e. The molecular weight excluding hydrogens is 296 g/mol. The van der Waals surface area contributed by atoms with E-state index in [-0.39, 0.29) is 6.79 Å². The van der Waals surface area contributed by atoms with Gasteiger partial charge in [0.1, 0.15) is 6.10 Å². The Balaban J connectivity index is 1.95. The van der Waals surface area contributed by atoms with E-state index < -0.39 is 6.10 Å². The molecule has 0 spiro atoms. The van der Waals surface area contributed by atoms with Gasteiger partial charge in [-0.3, -0.25) is 0 Å². The van der Waals surface area contributed by atoms with E-state index in [4.69, 9.17) is 9.47 Å². The molecule has 18 heavy (non-hydrogen) atoms. The Kier molecular flexibility index (Phi) is 2.97. The Bertz CT molecular complexity index is 583. The molecule has 2 aromatic carbocycles. The number of aliphatic hydroxyl groups excluding tert-OH is 1. The highest BCUT2D eigenvalue weighted by Crippen LogP contribution is 2.35. The van der Waals surface area contributed by atoms with E-state index in [1.807, 2.05) is 42.5 Å². The largest absolute Gasteiger partial charge is 0.454 e. The number of hydrogen-bond acceptors (Lipinski definition) is 3. The van der Waals surface area contributed by atoms with Gasteiger partial charge in [-0.05, 0) is 35.4 Å². The topological polar surface area (TPSA) is 38.7 Å². The fraction of sp³-hybridized carbons (Fsp3) is 0.143. The summed E-state index contributed by atoms with van der Waals surface area (Å²) in [5.74, 6) is 1.40. The van der Waals surface area contributed by atoms with Gasteiger partial charge in [-0.2, -0.15) is 0 Å². The van der Waals surface area contributed by atoms with Crippen molar-refractivity contribution in [3.05, 3.63) is 58.1 Å². The Labute approximate surface area is 113 Å². The molecule has 1 aliphatic rings. The molecule has 0 aliphatic carbocycles. The fourth-order valence-corrected chi connectivity index (χ4v) is 2.37. The number of rotatable bonds is 2. The van der Waals surface area contributed by atoms with E-state index in [0.29, 0.717) is 5.75 Å². The van der Waals surface area contributed by atoms with Crippen LogP contribution in [-0.4, -0.2) is 11.9 Å². The second kappa shape index (κ2) is 4.63. The number of hydrogen-bond donors (Lipinski definition) is 1. The van der Waals surface area contributed by atoms with Crippen molar-refractivity contribution < 1.29 is 14.6 Å². The molecule has 1 heterocycles. The minimum absolute atomic E-state index is 0.242. The monoisotopic (exact) mass is 306 g/mol. The lowest BCUT2D eigenvalue weighted by Crippen LogP contribution is -1.99. The van der Waals surface area contributed by atoms with Crippen LogP contribution in [0.15, 0.2) is 46.9 Å². The van der Waals surface area contributed by atoms with E-state index in [1.165, 1.54) is 0 Å². The van der Waals surface area contributed by atoms with Crippen LogP contribution in [0.25, 0.3) is 0 Å². The highest BCUT2D eigenvalue weighted by molar-refractivity contribution is 9.10. The second-order valence-corrected chi connectivity index (χ2v) is 4.99. The molecule has 0 amide bonds. The van der Waals surface area contributed by atoms with E-state index in [1.54, 1.807) is 0 Å². The summed E-state index contributed by atoms with van der Waals surface area (Å²) in [7, 11) is 0. The SMILES string of the molecule is O[C@@H](c1cccc(Br)c1)c1ccc2c(c1)OCO2. The highest BCUT2D eigenvalue weighted by Gasteiger charge is 2.17. The number of halogens is 1. The first-order valence-corrected chi connectivity index (χ1v) is 6.36. The van der Waals surface area contributed by atoms with Crippen molar-refractivity contribution in [2.24, 2.45) is 0 Å². The van der Waals surface area contributed by atoms with Gasteiger partial charge in [0.15, 0.2) is 11.5 Å². The minimum atomic E-state index is -0.669. The van der Waals surface area contributed by atoms with E-state index in [2.05, 4.69) is 15.9 Å². The first-order chi connectivity index (χ1) is 8.74. The Hall–Kier alpha value is -1.52. The van der Waals surface area contributed by atoms with Crippen molar-refractivity contribution in [2.45, 2.75) is 6.10 Å². The summed E-state index contributed by atoms with van der Waals surface area (Å²) in [5, 5.41) is 10.3. The second-order valence-electron chi connectivity index (χ2n) is 4.07. The summed E-state index contributed by atoms with van der Waals surface area (Å²) in [4.78, 5) is 0. The minimum Gasteiger partial charge on any atom is -0.454 e. The first-order valence-electron chi connectivity index (χ1n) is 5.57. The average molecular weight is 307 g/mol. The molecule has 92 valence electrons. The fourth-order valence-electron chi connectivity index (χ4n) is 1.95. The zero-order chi connectivity index (χ0) is 12.5. The van der Waals surface area contributed by atoms with Gasteiger partial charge in [-0.15, -0.1) is 0 Å². The molecule has 1 N–H and O–H groups in total. The quantitative estimate of drug-likeness (QED) is 0.925. The van der Waals surface area contributed by atoms with E-state index in [0.717, 1.165) is 21.3 Å². The first kappa shape index (κ1) is 11.6. The third-order valence-electron chi connectivity index (χ3n) is 2.88. The number of ether oxygens (including phenoxy) is 2. The average Bonchev–Trinajstić information content (AvgIpc) is 2.85. The molecule has 3 rings (SSSR count). The number of fused-ring (bicyclic) bond motifs is 1. The van der Waals surface area contributed by atoms with Gasteiger partial charge >= 0.3 is 0 Å². The molecule has 0 saturated carbocycles. The Morgan fingerprint density at radius 2 is 1.78 bits per heavy atom. The smallest absolute Gasteiger partial charge is 0.231 e. The summed E-state index contributed by atoms with van der Waals surface area (Å²) in [6.07, 6.45) is -0.669. The summed E-state index contributed by atoms with van der Waals surface area (Å²) in [5.41, 5.74) is 1.63. The van der Waals surface area contributed by atoms with Crippen molar-refractivity contribution >= 4 is 15.9 Å². The molecule has 3 nitrogen and oxygen atoms in total. The van der Waals surface area contributed by atoms with Crippen LogP contribution in [0.2, 0.25) is 0 Å². The van der Waals surface area contributed by atoms with Crippen LogP contribution < -0.4 is 9.47 Å². The van der Waals surface area contributed by atoms with Crippen molar-refractivity contribution in [3.63, 3.8) is 0 Å². The zero-order valence-corrected chi connectivity index (χ0v) is 11.1. The molecule has 2 aromatic rings. The van der Waals surface area contributed by atoms with E-state index in [9.17, 15) is 5.11 Å². The van der Waals surface area contributed by atoms with Crippen LogP contribution in [-0.2, 0) is 0 Å². The third-order valence-corrected chi connectivity index (χ3v) is 3.37. The zero-order valence-electron chi connectivity index (χ0n) is 9.47. The molecule has 4 heteroatoms. The molecule has 0 aromatic heterocycles. The van der Waals surface area contributed by atoms with Crippen LogP contribution in [0.1, 0.15) is 17.2 Å². The predicted octanol–water partition coefficient (Wildman–Crippen LogP) is 3.26. The van der Waals surface area contributed by atoms with Gasteiger partial charge in [0, 0.05) is 4.47 Å². The third kappa shape index (κ3) is 2.09. The standard InChI is InChI=1S/C14H11BrO3/c15-11-3-1-2-9(6-11)14(16)10-4-5-12-13(7-10)18-8-17-12/h1-7,14,16H,8H2/t14-/m0/s1. The number of benzene rings is 2. The van der Waals surface area contributed by atoms with Gasteiger partial charge in [0.25, 0.3) is 0 Å². The maximum atomic E-state index is 10.3. The Morgan fingerprint density at radius 1 is 1.00 bits per heavy atom. The van der Waals surface area contributed by atoms with Gasteiger partial charge in [-0.25, -0.2) is 0 Å². The predicted molar refractivity (Wildman–Crippen MR) is 70.8 cm³/mol. The molecule has 0 bridgehead atoms. The Morgan fingerprint density at radius 3 is 2.61 bits per heavy atom. The van der Waals surface area contributed by atoms with Crippen LogP contribution in [0.3, 0.4) is 0 Å². The van der Waals surface area contributed by atoms with Crippen molar-refractivity contribution in [1.29, 1.82) is 0 Å². The highest BCUT2D eigenvalue weighted by atomic mass is 79.9. The van der Waals surface area contributed by atoms with Gasteiger partial charge < -0.3 is 14.6 Å². The summed E-state index contributed by atoms with van der Waals surface area (Å²) in [6.45, 7) is 0.242. The molecule has 1 aliphatic heterocycles. The van der Waals surface area contributed by atoms with Crippen molar-refractivity contribution in [3.8, 4) is 11.5 Å². The maximum absolute atomic E-state index is 10.3. The molecule has 0 saturated heterocycles. The lowest BCUT2D eigenvalue weighted by Gasteiger charge is -2.12. The summed E-state index contributed by atoms with van der Waals surface area (Å²) >= 11 is 3.40. The molecule has 0 radical (unpaired) electrons. The molecule has 0 unspecified atom stereocenters.